The number of rotatable bonds is 1. The number of aliphatic imine (C=N–C) groups is 1. The van der Waals surface area contributed by atoms with Crippen molar-refractivity contribution in [2.24, 2.45) is 16.8 Å². The number of amidine groups is 1. The minimum atomic E-state index is -0.0301. The number of hydrogen-bond acceptors (Lipinski definition) is 3. The molecule has 0 saturated heterocycles. The number of pyridine rings is 1. The summed E-state index contributed by atoms with van der Waals surface area (Å²) in [6, 6.07) is 12.1. The molecule has 28 heavy (non-hydrogen) atoms. The van der Waals surface area contributed by atoms with Crippen molar-refractivity contribution in [3.63, 3.8) is 0 Å². The van der Waals surface area contributed by atoms with Crippen molar-refractivity contribution in [2.75, 3.05) is 0 Å². The Hall–Kier alpha value is -3.01. The van der Waals surface area contributed by atoms with Crippen LogP contribution < -0.4 is 0 Å². The minimum absolute atomic E-state index is 0.0301. The summed E-state index contributed by atoms with van der Waals surface area (Å²) >= 11 is 0. The number of carbonyl (C=O) groups excluding carboxylic acids is 1. The summed E-state index contributed by atoms with van der Waals surface area (Å²) < 4.78 is 0. The first-order valence-corrected chi connectivity index (χ1v) is 10.0. The van der Waals surface area contributed by atoms with E-state index in [9.17, 15) is 4.79 Å². The van der Waals surface area contributed by atoms with Crippen molar-refractivity contribution in [3.05, 3.63) is 72.2 Å². The van der Waals surface area contributed by atoms with E-state index < -0.39 is 0 Å². The zero-order valence-electron chi connectivity index (χ0n) is 15.8. The maximum atomic E-state index is 12.7. The number of nitrogens with zero attached hydrogens (tertiary/aromatic N) is 3. The lowest BCUT2D eigenvalue weighted by Gasteiger charge is -2.37. The van der Waals surface area contributed by atoms with Crippen LogP contribution in [0.4, 0.5) is 0 Å². The Balaban J connectivity index is 1.66. The van der Waals surface area contributed by atoms with E-state index in [1.54, 1.807) is 6.20 Å². The Bertz CT molecular complexity index is 998. The molecule has 4 heteroatoms. The molecule has 0 radical (unpaired) electrons. The highest BCUT2D eigenvalue weighted by molar-refractivity contribution is 6.11. The lowest BCUT2D eigenvalue weighted by atomic mass is 9.78. The standard InChI is InChI=1S/C24H23N3O/c1-16-18-9-7-17(8-10-18)15-22(28)26-24-21-11-13-25-23(19-5-3-2-4-6-19)20(21)12-14-27(16)24/h2-6,11-14,17-18H,1,7-10,15H2/b26-24-. The molecule has 0 atom stereocenters. The molecule has 1 aromatic carbocycles. The van der Waals surface area contributed by atoms with Gasteiger partial charge in [0, 0.05) is 41.2 Å². The molecule has 6 rings (SSSR count). The second-order valence-corrected chi connectivity index (χ2v) is 7.91. The molecule has 4 nitrogen and oxygen atoms in total. The topological polar surface area (TPSA) is 45.6 Å². The van der Waals surface area contributed by atoms with Crippen molar-refractivity contribution in [1.29, 1.82) is 0 Å². The summed E-state index contributed by atoms with van der Waals surface area (Å²) in [4.78, 5) is 24.0. The third-order valence-corrected chi connectivity index (χ3v) is 6.22. The summed E-state index contributed by atoms with van der Waals surface area (Å²) in [5.74, 6) is 1.58. The predicted octanol–water partition coefficient (Wildman–Crippen LogP) is 5.03. The zero-order chi connectivity index (χ0) is 19.1. The van der Waals surface area contributed by atoms with Gasteiger partial charge in [-0.25, -0.2) is 0 Å². The smallest absolute Gasteiger partial charge is 0.247 e. The Labute approximate surface area is 165 Å². The van der Waals surface area contributed by atoms with Gasteiger partial charge < -0.3 is 4.90 Å². The van der Waals surface area contributed by atoms with Gasteiger partial charge >= 0.3 is 0 Å². The molecule has 1 fully saturated rings. The molecule has 2 bridgehead atoms. The normalized spacial score (nSPS) is 25.7. The molecular weight excluding hydrogens is 346 g/mol. The van der Waals surface area contributed by atoms with Gasteiger partial charge in [0.15, 0.2) is 0 Å². The molecular formula is C24H23N3O. The molecule has 4 aliphatic rings. The second kappa shape index (κ2) is 6.86. The second-order valence-electron chi connectivity index (χ2n) is 7.91. The van der Waals surface area contributed by atoms with Crippen molar-refractivity contribution >= 4 is 17.8 Å². The van der Waals surface area contributed by atoms with Crippen LogP contribution in [0.1, 0.15) is 43.2 Å². The SMILES string of the molecule is C=C1C2CCC(CC2)CC(=O)/N=C2/c3ccnc(-c4ccccc4)c3C=CN12. The van der Waals surface area contributed by atoms with Gasteiger partial charge in [-0.15, -0.1) is 0 Å². The molecule has 0 spiro atoms. The molecule has 0 unspecified atom stereocenters. The van der Waals surface area contributed by atoms with Gasteiger partial charge in [0.25, 0.3) is 0 Å². The molecule has 1 aliphatic carbocycles. The third kappa shape index (κ3) is 2.89. The van der Waals surface area contributed by atoms with Crippen LogP contribution in [-0.2, 0) is 4.79 Å². The Morgan fingerprint density at radius 1 is 1.04 bits per heavy atom. The van der Waals surface area contributed by atoms with Crippen LogP contribution >= 0.6 is 0 Å². The summed E-state index contributed by atoms with van der Waals surface area (Å²) in [5, 5.41) is 0. The number of hydrogen-bond donors (Lipinski definition) is 0. The predicted molar refractivity (Wildman–Crippen MR) is 111 cm³/mol. The monoisotopic (exact) mass is 369 g/mol. The number of fused-ring (bicyclic) bond motifs is 5. The van der Waals surface area contributed by atoms with Gasteiger partial charge in [-0.2, -0.15) is 4.99 Å². The van der Waals surface area contributed by atoms with E-state index in [0.29, 0.717) is 24.1 Å². The maximum absolute atomic E-state index is 12.7. The third-order valence-electron chi connectivity index (χ3n) is 6.22. The molecule has 3 aliphatic heterocycles. The van der Waals surface area contributed by atoms with Crippen molar-refractivity contribution in [1.82, 2.24) is 9.88 Å². The fourth-order valence-electron chi connectivity index (χ4n) is 4.67. The number of carbonyl (C=O) groups is 1. The molecule has 2 aromatic rings. The molecule has 0 N–H and O–H groups in total. The van der Waals surface area contributed by atoms with E-state index in [0.717, 1.165) is 53.8 Å². The summed E-state index contributed by atoms with van der Waals surface area (Å²) in [7, 11) is 0. The summed E-state index contributed by atoms with van der Waals surface area (Å²) in [6.07, 6.45) is 10.8. The Morgan fingerprint density at radius 2 is 1.82 bits per heavy atom. The van der Waals surface area contributed by atoms with Crippen LogP contribution in [0.15, 0.2) is 66.1 Å². The van der Waals surface area contributed by atoms with Crippen LogP contribution in [0.2, 0.25) is 0 Å². The van der Waals surface area contributed by atoms with E-state index in [1.807, 2.05) is 35.4 Å². The largest absolute Gasteiger partial charge is 0.305 e. The molecule has 4 heterocycles. The Morgan fingerprint density at radius 3 is 2.61 bits per heavy atom. The van der Waals surface area contributed by atoms with Gasteiger partial charge in [0.1, 0.15) is 5.84 Å². The van der Waals surface area contributed by atoms with Crippen molar-refractivity contribution < 1.29 is 4.79 Å². The fourth-order valence-corrected chi connectivity index (χ4v) is 4.67. The van der Waals surface area contributed by atoms with Crippen molar-refractivity contribution in [3.8, 4) is 11.3 Å². The number of amides is 1. The quantitative estimate of drug-likeness (QED) is 0.708. The number of allylic oxidation sites excluding steroid dienone is 1. The summed E-state index contributed by atoms with van der Waals surface area (Å²) in [5.41, 5.74) is 4.97. The first kappa shape index (κ1) is 17.1. The van der Waals surface area contributed by atoms with E-state index in [-0.39, 0.29) is 5.91 Å². The molecule has 140 valence electrons. The highest BCUT2D eigenvalue weighted by atomic mass is 16.1. The number of benzene rings is 1. The maximum Gasteiger partial charge on any atom is 0.247 e. The summed E-state index contributed by atoms with van der Waals surface area (Å²) in [6.45, 7) is 4.39. The highest BCUT2D eigenvalue weighted by Crippen LogP contribution is 2.39. The highest BCUT2D eigenvalue weighted by Gasteiger charge is 2.32. The van der Waals surface area contributed by atoms with Gasteiger partial charge in [-0.05, 0) is 49.7 Å². The average Bonchev–Trinajstić information content (AvgIpc) is 2.74. The minimum Gasteiger partial charge on any atom is -0.305 e. The lowest BCUT2D eigenvalue weighted by molar-refractivity contribution is -0.119. The van der Waals surface area contributed by atoms with Crippen LogP contribution in [0.3, 0.4) is 0 Å². The lowest BCUT2D eigenvalue weighted by Crippen LogP contribution is -2.35. The van der Waals surface area contributed by atoms with E-state index in [4.69, 9.17) is 0 Å². The molecule has 1 saturated carbocycles. The van der Waals surface area contributed by atoms with E-state index in [2.05, 4.69) is 34.8 Å². The van der Waals surface area contributed by atoms with Gasteiger partial charge in [-0.3, -0.25) is 9.78 Å². The van der Waals surface area contributed by atoms with Crippen molar-refractivity contribution in [2.45, 2.75) is 32.1 Å². The van der Waals surface area contributed by atoms with Gasteiger partial charge in [0.05, 0.1) is 5.69 Å². The zero-order valence-corrected chi connectivity index (χ0v) is 15.8. The fraction of sp³-hybridized carbons (Fsp3) is 0.292. The first-order valence-electron chi connectivity index (χ1n) is 10.0. The molecule has 1 aromatic heterocycles. The van der Waals surface area contributed by atoms with E-state index in [1.165, 1.54) is 0 Å². The van der Waals surface area contributed by atoms with Crippen LogP contribution in [0.5, 0.6) is 0 Å². The van der Waals surface area contributed by atoms with Crippen LogP contribution in [0.25, 0.3) is 17.3 Å². The van der Waals surface area contributed by atoms with Gasteiger partial charge in [0.2, 0.25) is 5.91 Å². The molecule has 1 amide bonds. The van der Waals surface area contributed by atoms with Gasteiger partial charge in [-0.1, -0.05) is 36.9 Å². The number of aromatic nitrogens is 1. The average molecular weight is 369 g/mol. The Kier molecular flexibility index (Phi) is 4.19. The van der Waals surface area contributed by atoms with Crippen LogP contribution in [0, 0.1) is 11.8 Å². The first-order chi connectivity index (χ1) is 13.7. The van der Waals surface area contributed by atoms with Crippen LogP contribution in [-0.4, -0.2) is 21.6 Å². The van der Waals surface area contributed by atoms with E-state index >= 15 is 0 Å².